The highest BCUT2D eigenvalue weighted by Crippen LogP contribution is 2.28. The first-order valence-corrected chi connectivity index (χ1v) is 9.10. The summed E-state index contributed by atoms with van der Waals surface area (Å²) in [6.45, 7) is 3.66. The van der Waals surface area contributed by atoms with E-state index in [-0.39, 0.29) is 24.3 Å². The molecule has 1 aliphatic carbocycles. The maximum Gasteiger partial charge on any atom is 0.245 e. The Morgan fingerprint density at radius 1 is 1.22 bits per heavy atom. The van der Waals surface area contributed by atoms with Crippen LogP contribution < -0.4 is 16.4 Å². The topological polar surface area (TPSA) is 97.1 Å². The highest BCUT2D eigenvalue weighted by molar-refractivity contribution is 7.15. The van der Waals surface area contributed by atoms with Gasteiger partial charge in [-0.05, 0) is 31.6 Å². The monoisotopic (exact) mass is 338 g/mol. The highest BCUT2D eigenvalue weighted by atomic mass is 32.1. The number of carbonyl (C=O) groups excluding carboxylic acids is 2. The van der Waals surface area contributed by atoms with Crippen LogP contribution in [-0.4, -0.2) is 29.4 Å². The largest absolute Gasteiger partial charge is 0.346 e. The molecule has 0 saturated heterocycles. The van der Waals surface area contributed by atoms with Gasteiger partial charge < -0.3 is 16.4 Å². The third kappa shape index (κ3) is 5.28. The van der Waals surface area contributed by atoms with Crippen molar-refractivity contribution in [2.24, 2.45) is 11.7 Å². The van der Waals surface area contributed by atoms with Crippen molar-refractivity contribution >= 4 is 28.3 Å². The first-order valence-electron chi connectivity index (χ1n) is 8.29. The zero-order chi connectivity index (χ0) is 16.8. The van der Waals surface area contributed by atoms with Crippen molar-refractivity contribution in [3.05, 3.63) is 10.6 Å². The van der Waals surface area contributed by atoms with Gasteiger partial charge in [0.05, 0.1) is 18.3 Å². The van der Waals surface area contributed by atoms with Crippen LogP contribution in [0.15, 0.2) is 0 Å². The molecule has 0 unspecified atom stereocenters. The number of nitrogens with zero attached hydrogens (tertiary/aromatic N) is 1. The Bertz CT molecular complexity index is 531. The van der Waals surface area contributed by atoms with Crippen LogP contribution in [0.2, 0.25) is 0 Å². The molecule has 23 heavy (non-hydrogen) atoms. The van der Waals surface area contributed by atoms with Gasteiger partial charge >= 0.3 is 0 Å². The number of amides is 2. The molecule has 0 aliphatic heterocycles. The predicted molar refractivity (Wildman–Crippen MR) is 92.4 cm³/mol. The van der Waals surface area contributed by atoms with E-state index in [4.69, 9.17) is 5.73 Å². The summed E-state index contributed by atoms with van der Waals surface area (Å²) >= 11 is 1.55. The third-order valence-corrected chi connectivity index (χ3v) is 5.11. The molecule has 0 saturated carbocycles. The number of nitrogens with one attached hydrogen (secondary N) is 2. The SMILES string of the molecule is CC(C)[C@H](N)C(=O)NCC(=O)Nc1nc2c(s1)CCCCCC2. The minimum Gasteiger partial charge on any atom is -0.346 e. The van der Waals surface area contributed by atoms with Crippen molar-refractivity contribution in [1.82, 2.24) is 10.3 Å². The molecule has 0 spiro atoms. The van der Waals surface area contributed by atoms with Crippen LogP contribution >= 0.6 is 11.3 Å². The van der Waals surface area contributed by atoms with Gasteiger partial charge in [-0.1, -0.05) is 26.7 Å². The van der Waals surface area contributed by atoms with Gasteiger partial charge in [0.2, 0.25) is 11.8 Å². The number of thiazole rings is 1. The molecule has 1 aromatic heterocycles. The lowest BCUT2D eigenvalue weighted by Gasteiger charge is -2.14. The number of hydrogen-bond donors (Lipinski definition) is 3. The molecule has 2 amide bonds. The lowest BCUT2D eigenvalue weighted by Crippen LogP contribution is -2.46. The minimum atomic E-state index is -0.595. The van der Waals surface area contributed by atoms with Crippen molar-refractivity contribution in [3.63, 3.8) is 0 Å². The highest BCUT2D eigenvalue weighted by Gasteiger charge is 2.18. The van der Waals surface area contributed by atoms with Gasteiger partial charge in [0, 0.05) is 4.88 Å². The molecule has 1 heterocycles. The molecule has 0 radical (unpaired) electrons. The Hall–Kier alpha value is -1.47. The van der Waals surface area contributed by atoms with Crippen LogP contribution in [0.1, 0.15) is 50.1 Å². The number of anilines is 1. The van der Waals surface area contributed by atoms with Gasteiger partial charge in [-0.15, -0.1) is 11.3 Å². The Kier molecular flexibility index (Phi) is 6.53. The lowest BCUT2D eigenvalue weighted by molar-refractivity contribution is -0.125. The van der Waals surface area contributed by atoms with E-state index in [1.165, 1.54) is 24.1 Å². The maximum atomic E-state index is 12.0. The van der Waals surface area contributed by atoms with E-state index in [0.717, 1.165) is 25.0 Å². The number of fused-ring (bicyclic) bond motifs is 1. The first-order chi connectivity index (χ1) is 11.0. The lowest BCUT2D eigenvalue weighted by atomic mass is 10.0. The van der Waals surface area contributed by atoms with Gasteiger partial charge in [0.25, 0.3) is 0 Å². The van der Waals surface area contributed by atoms with E-state index in [1.807, 2.05) is 13.8 Å². The van der Waals surface area contributed by atoms with Crippen LogP contribution in [0.3, 0.4) is 0 Å². The smallest absolute Gasteiger partial charge is 0.245 e. The van der Waals surface area contributed by atoms with Crippen LogP contribution in [0.25, 0.3) is 0 Å². The molecule has 1 aliphatic rings. The van der Waals surface area contributed by atoms with Crippen LogP contribution in [0.4, 0.5) is 5.13 Å². The zero-order valence-electron chi connectivity index (χ0n) is 13.9. The molecule has 0 bridgehead atoms. The molecule has 4 N–H and O–H groups in total. The summed E-state index contributed by atoms with van der Waals surface area (Å²) in [5.74, 6) is -0.533. The van der Waals surface area contributed by atoms with Gasteiger partial charge in [0.15, 0.2) is 5.13 Å². The summed E-state index contributed by atoms with van der Waals surface area (Å²) in [7, 11) is 0. The number of aryl methyl sites for hydroxylation is 2. The van der Waals surface area contributed by atoms with Gasteiger partial charge in [0.1, 0.15) is 0 Å². The van der Waals surface area contributed by atoms with Crippen molar-refractivity contribution in [3.8, 4) is 0 Å². The number of hydrogen-bond acceptors (Lipinski definition) is 5. The summed E-state index contributed by atoms with van der Waals surface area (Å²) in [6.07, 6.45) is 6.89. The third-order valence-electron chi connectivity index (χ3n) is 4.04. The number of nitrogens with two attached hydrogens (primary N) is 1. The fourth-order valence-electron chi connectivity index (χ4n) is 2.51. The second-order valence-electron chi connectivity index (χ2n) is 6.34. The normalized spacial score (nSPS) is 16.2. The second-order valence-corrected chi connectivity index (χ2v) is 7.42. The van der Waals surface area contributed by atoms with E-state index in [1.54, 1.807) is 11.3 Å². The van der Waals surface area contributed by atoms with Crippen LogP contribution in [-0.2, 0) is 22.4 Å². The molecule has 0 fully saturated rings. The number of carbonyl (C=O) groups is 2. The summed E-state index contributed by atoms with van der Waals surface area (Å²) in [5.41, 5.74) is 6.86. The maximum absolute atomic E-state index is 12.0. The Balaban J connectivity index is 1.86. The standard InChI is InChI=1S/C16H26N4O2S/c1-10(2)14(17)15(22)18-9-13(21)20-16-19-11-7-5-3-4-6-8-12(11)23-16/h10,14H,3-9,17H2,1-2H3,(H,18,22)(H,19,20,21)/t14-/m0/s1. The number of aromatic nitrogens is 1. The van der Waals surface area contributed by atoms with Crippen LogP contribution in [0, 0.1) is 5.92 Å². The van der Waals surface area contributed by atoms with Crippen molar-refractivity contribution < 1.29 is 9.59 Å². The quantitative estimate of drug-likeness (QED) is 0.763. The first kappa shape index (κ1) is 17.9. The number of rotatable bonds is 5. The predicted octanol–water partition coefficient (Wildman–Crippen LogP) is 1.84. The van der Waals surface area contributed by atoms with E-state index in [9.17, 15) is 9.59 Å². The fraction of sp³-hybridized carbons (Fsp3) is 0.688. The average Bonchev–Trinajstić information content (AvgIpc) is 2.85. The zero-order valence-corrected chi connectivity index (χ0v) is 14.7. The minimum absolute atomic E-state index is 0.0385. The van der Waals surface area contributed by atoms with Crippen molar-refractivity contribution in [2.45, 2.75) is 58.4 Å². The molecule has 7 heteroatoms. The second kappa shape index (κ2) is 8.40. The Labute approximate surface area is 141 Å². The van der Waals surface area contributed by atoms with Gasteiger partial charge in [-0.2, -0.15) is 0 Å². The van der Waals surface area contributed by atoms with Crippen molar-refractivity contribution in [1.29, 1.82) is 0 Å². The molecule has 6 nitrogen and oxygen atoms in total. The summed E-state index contributed by atoms with van der Waals surface area (Å²) in [5, 5.41) is 5.97. The summed E-state index contributed by atoms with van der Waals surface area (Å²) in [4.78, 5) is 29.5. The average molecular weight is 338 g/mol. The molecule has 1 atom stereocenters. The molecular weight excluding hydrogens is 312 g/mol. The molecular formula is C16H26N4O2S. The van der Waals surface area contributed by atoms with E-state index in [0.29, 0.717) is 5.13 Å². The van der Waals surface area contributed by atoms with E-state index < -0.39 is 6.04 Å². The molecule has 1 aromatic rings. The van der Waals surface area contributed by atoms with Gasteiger partial charge in [-0.25, -0.2) is 4.98 Å². The van der Waals surface area contributed by atoms with Crippen molar-refractivity contribution in [2.75, 3.05) is 11.9 Å². The Morgan fingerprint density at radius 2 is 1.91 bits per heavy atom. The molecule has 2 rings (SSSR count). The van der Waals surface area contributed by atoms with Gasteiger partial charge in [-0.3, -0.25) is 9.59 Å². The van der Waals surface area contributed by atoms with Crippen LogP contribution in [0.5, 0.6) is 0 Å². The summed E-state index contributed by atoms with van der Waals surface area (Å²) < 4.78 is 0. The molecule has 0 aromatic carbocycles. The Morgan fingerprint density at radius 3 is 2.61 bits per heavy atom. The fourth-order valence-corrected chi connectivity index (χ4v) is 3.58. The molecule has 128 valence electrons. The summed E-state index contributed by atoms with van der Waals surface area (Å²) in [6, 6.07) is -0.595. The van der Waals surface area contributed by atoms with E-state index >= 15 is 0 Å². The van der Waals surface area contributed by atoms with E-state index in [2.05, 4.69) is 15.6 Å².